The van der Waals surface area contributed by atoms with Gasteiger partial charge in [0.15, 0.2) is 0 Å². The molecule has 0 spiro atoms. The first-order valence-electron chi connectivity index (χ1n) is 5.46. The summed E-state index contributed by atoms with van der Waals surface area (Å²) in [5.41, 5.74) is 1.15. The molecule has 1 unspecified atom stereocenters. The first kappa shape index (κ1) is 13.6. The number of hydrogen-bond acceptors (Lipinski definition) is 4. The van der Waals surface area contributed by atoms with Crippen LogP contribution in [0.5, 0.6) is 0 Å². The fourth-order valence-corrected chi connectivity index (χ4v) is 1.56. The molecule has 94 valence electrons. The predicted octanol–water partition coefficient (Wildman–Crippen LogP) is 0.655. The molecule has 0 aromatic carbocycles. The van der Waals surface area contributed by atoms with Crippen LogP contribution in [0.4, 0.5) is 0 Å². The van der Waals surface area contributed by atoms with E-state index in [4.69, 9.17) is 9.84 Å². The summed E-state index contributed by atoms with van der Waals surface area (Å²) >= 11 is 0. The molecule has 1 heterocycles. The Morgan fingerprint density at radius 1 is 1.53 bits per heavy atom. The van der Waals surface area contributed by atoms with E-state index in [2.05, 4.69) is 4.98 Å². The van der Waals surface area contributed by atoms with Crippen LogP contribution in [0.1, 0.15) is 5.56 Å². The molecule has 1 aromatic rings. The molecular weight excluding hydrogens is 220 g/mol. The number of carboxylic acids is 1. The van der Waals surface area contributed by atoms with Crippen molar-refractivity contribution >= 4 is 5.97 Å². The van der Waals surface area contributed by atoms with Gasteiger partial charge in [0.1, 0.15) is 6.04 Å². The van der Waals surface area contributed by atoms with E-state index in [0.29, 0.717) is 6.54 Å². The highest BCUT2D eigenvalue weighted by molar-refractivity contribution is 5.73. The third-order valence-electron chi connectivity index (χ3n) is 2.64. The average Bonchev–Trinajstić information content (AvgIpc) is 2.34. The summed E-state index contributed by atoms with van der Waals surface area (Å²) in [6.45, 7) is 0.868. The number of aliphatic carboxylic acids is 1. The predicted molar refractivity (Wildman–Crippen MR) is 63.9 cm³/mol. The van der Waals surface area contributed by atoms with Gasteiger partial charge in [-0.2, -0.15) is 0 Å². The summed E-state index contributed by atoms with van der Waals surface area (Å²) in [4.78, 5) is 16.7. The van der Waals surface area contributed by atoms with Crippen LogP contribution in [0.3, 0.4) is 0 Å². The zero-order valence-electron chi connectivity index (χ0n) is 10.2. The van der Waals surface area contributed by atoms with E-state index < -0.39 is 12.0 Å². The summed E-state index contributed by atoms with van der Waals surface area (Å²) in [6, 6.07) is 3.27. The molecule has 0 fully saturated rings. The van der Waals surface area contributed by atoms with Crippen molar-refractivity contribution in [2.75, 3.05) is 27.3 Å². The number of nitrogens with zero attached hydrogens (tertiary/aromatic N) is 2. The maximum atomic E-state index is 11.0. The van der Waals surface area contributed by atoms with E-state index in [1.54, 1.807) is 24.3 Å². The number of rotatable bonds is 7. The second-order valence-electron chi connectivity index (χ2n) is 3.90. The van der Waals surface area contributed by atoms with Gasteiger partial charge in [0.2, 0.25) is 0 Å². The van der Waals surface area contributed by atoms with E-state index in [1.165, 1.54) is 7.11 Å². The van der Waals surface area contributed by atoms with Gasteiger partial charge < -0.3 is 9.84 Å². The summed E-state index contributed by atoms with van der Waals surface area (Å²) < 4.78 is 4.91. The standard InChI is InChI=1S/C12H18N2O3/c1-14(11(9-17-2)12(15)16)8-5-10-3-6-13-7-4-10/h3-4,6-7,11H,5,8-9H2,1-2H3,(H,15,16). The zero-order valence-corrected chi connectivity index (χ0v) is 10.2. The maximum Gasteiger partial charge on any atom is 0.323 e. The maximum absolute atomic E-state index is 11.0. The fourth-order valence-electron chi connectivity index (χ4n) is 1.56. The molecular formula is C12H18N2O3. The summed E-state index contributed by atoms with van der Waals surface area (Å²) in [5.74, 6) is -0.857. The van der Waals surface area contributed by atoms with Crippen LogP contribution in [0.15, 0.2) is 24.5 Å². The second kappa shape index (κ2) is 6.98. The highest BCUT2D eigenvalue weighted by Crippen LogP contribution is 2.03. The molecule has 0 aliphatic rings. The number of pyridine rings is 1. The van der Waals surface area contributed by atoms with Crippen LogP contribution in [0, 0.1) is 0 Å². The van der Waals surface area contributed by atoms with Crippen molar-refractivity contribution in [3.8, 4) is 0 Å². The number of aromatic nitrogens is 1. The van der Waals surface area contributed by atoms with Gasteiger partial charge in [0, 0.05) is 26.0 Å². The SMILES string of the molecule is COCC(C(=O)O)N(C)CCc1ccncc1. The van der Waals surface area contributed by atoms with Crippen LogP contribution in [0.25, 0.3) is 0 Å². The van der Waals surface area contributed by atoms with Gasteiger partial charge in [0.05, 0.1) is 6.61 Å². The van der Waals surface area contributed by atoms with Gasteiger partial charge in [-0.25, -0.2) is 0 Å². The molecule has 5 nitrogen and oxygen atoms in total. The molecule has 0 bridgehead atoms. The number of hydrogen-bond donors (Lipinski definition) is 1. The average molecular weight is 238 g/mol. The molecule has 0 radical (unpaired) electrons. The first-order valence-corrected chi connectivity index (χ1v) is 5.46. The minimum atomic E-state index is -0.857. The molecule has 0 saturated heterocycles. The fraction of sp³-hybridized carbons (Fsp3) is 0.500. The Labute approximate surface area is 101 Å². The zero-order chi connectivity index (χ0) is 12.7. The number of methoxy groups -OCH3 is 1. The molecule has 0 aliphatic carbocycles. The highest BCUT2D eigenvalue weighted by atomic mass is 16.5. The molecule has 0 saturated carbocycles. The molecule has 1 N–H and O–H groups in total. The molecule has 1 atom stereocenters. The summed E-state index contributed by atoms with van der Waals surface area (Å²) in [7, 11) is 3.30. The van der Waals surface area contributed by atoms with E-state index in [9.17, 15) is 4.79 Å². The van der Waals surface area contributed by atoms with Crippen molar-refractivity contribution in [2.24, 2.45) is 0 Å². The lowest BCUT2D eigenvalue weighted by Gasteiger charge is -2.23. The van der Waals surface area contributed by atoms with E-state index in [0.717, 1.165) is 12.0 Å². The molecule has 17 heavy (non-hydrogen) atoms. The first-order chi connectivity index (χ1) is 8.15. The Morgan fingerprint density at radius 3 is 2.71 bits per heavy atom. The Balaban J connectivity index is 2.47. The third-order valence-corrected chi connectivity index (χ3v) is 2.64. The summed E-state index contributed by atoms with van der Waals surface area (Å²) in [5, 5.41) is 9.04. The molecule has 0 amide bonds. The highest BCUT2D eigenvalue weighted by Gasteiger charge is 2.21. The number of ether oxygens (including phenoxy) is 1. The van der Waals surface area contributed by atoms with E-state index in [1.807, 2.05) is 12.1 Å². The van der Waals surface area contributed by atoms with Gasteiger partial charge in [-0.3, -0.25) is 14.7 Å². The van der Waals surface area contributed by atoms with Crippen molar-refractivity contribution in [3.05, 3.63) is 30.1 Å². The summed E-state index contributed by atoms with van der Waals surface area (Å²) in [6.07, 6.45) is 4.27. The number of carbonyl (C=O) groups is 1. The lowest BCUT2D eigenvalue weighted by Crippen LogP contribution is -2.42. The topological polar surface area (TPSA) is 62.7 Å². The molecule has 1 aromatic heterocycles. The smallest absolute Gasteiger partial charge is 0.323 e. The Bertz CT molecular complexity index is 343. The van der Waals surface area contributed by atoms with Crippen molar-refractivity contribution in [3.63, 3.8) is 0 Å². The van der Waals surface area contributed by atoms with Crippen molar-refractivity contribution in [1.29, 1.82) is 0 Å². The van der Waals surface area contributed by atoms with Crippen LogP contribution in [-0.2, 0) is 16.0 Å². The van der Waals surface area contributed by atoms with Crippen LogP contribution >= 0.6 is 0 Å². The van der Waals surface area contributed by atoms with E-state index in [-0.39, 0.29) is 6.61 Å². The minimum absolute atomic E-state index is 0.197. The molecule has 1 rings (SSSR count). The van der Waals surface area contributed by atoms with Gasteiger partial charge in [-0.15, -0.1) is 0 Å². The quantitative estimate of drug-likeness (QED) is 0.756. The Morgan fingerprint density at radius 2 is 2.18 bits per heavy atom. The van der Waals surface area contributed by atoms with Crippen LogP contribution in [-0.4, -0.2) is 54.3 Å². The largest absolute Gasteiger partial charge is 0.480 e. The van der Waals surface area contributed by atoms with Gasteiger partial charge >= 0.3 is 5.97 Å². The normalized spacial score (nSPS) is 12.6. The second-order valence-corrected chi connectivity index (χ2v) is 3.90. The van der Waals surface area contributed by atoms with Crippen LogP contribution < -0.4 is 0 Å². The van der Waals surface area contributed by atoms with Gasteiger partial charge in [-0.1, -0.05) is 0 Å². The number of carboxylic acid groups (broad SMARTS) is 1. The van der Waals surface area contributed by atoms with Crippen LogP contribution in [0.2, 0.25) is 0 Å². The van der Waals surface area contributed by atoms with Gasteiger partial charge in [-0.05, 0) is 31.2 Å². The monoisotopic (exact) mass is 238 g/mol. The minimum Gasteiger partial charge on any atom is -0.480 e. The number of likely N-dealkylation sites (N-methyl/N-ethyl adjacent to an activating group) is 1. The van der Waals surface area contributed by atoms with Crippen molar-refractivity contribution in [1.82, 2.24) is 9.88 Å². The lowest BCUT2D eigenvalue weighted by atomic mass is 10.2. The lowest BCUT2D eigenvalue weighted by molar-refractivity contribution is -0.144. The third kappa shape index (κ3) is 4.50. The Kier molecular flexibility index (Phi) is 5.59. The molecule has 0 aliphatic heterocycles. The Hall–Kier alpha value is -1.46. The van der Waals surface area contributed by atoms with Gasteiger partial charge in [0.25, 0.3) is 0 Å². The van der Waals surface area contributed by atoms with E-state index >= 15 is 0 Å². The molecule has 5 heteroatoms. The van der Waals surface area contributed by atoms with Crippen molar-refractivity contribution < 1.29 is 14.6 Å². The van der Waals surface area contributed by atoms with Crippen molar-refractivity contribution in [2.45, 2.75) is 12.5 Å².